The number of rotatable bonds is 2. The van der Waals surface area contributed by atoms with Crippen molar-refractivity contribution in [2.24, 2.45) is 5.92 Å². The highest BCUT2D eigenvalue weighted by molar-refractivity contribution is 5.38. The third-order valence-corrected chi connectivity index (χ3v) is 2.29. The zero-order valence-electron chi connectivity index (χ0n) is 8.26. The first kappa shape index (κ1) is 11.6. The van der Waals surface area contributed by atoms with E-state index in [0.717, 1.165) is 0 Å². The summed E-state index contributed by atoms with van der Waals surface area (Å²) in [6, 6.07) is 0. The van der Waals surface area contributed by atoms with E-state index in [-0.39, 0.29) is 11.3 Å². The molecule has 0 bridgehead atoms. The Labute approximate surface area is 86.0 Å². The lowest BCUT2D eigenvalue weighted by Gasteiger charge is -2.32. The molecule has 1 rings (SSSR count). The van der Waals surface area contributed by atoms with Crippen molar-refractivity contribution >= 4 is 0 Å². The summed E-state index contributed by atoms with van der Waals surface area (Å²) >= 11 is 0. The first-order valence-electron chi connectivity index (χ1n) is 4.28. The molecule has 1 aliphatic rings. The molecular formula is C10H12F2O3. The van der Waals surface area contributed by atoms with Gasteiger partial charge in [-0.05, 0) is 0 Å². The van der Waals surface area contributed by atoms with Gasteiger partial charge < -0.3 is 14.9 Å². The van der Waals surface area contributed by atoms with Crippen LogP contribution in [0.4, 0.5) is 8.78 Å². The minimum absolute atomic E-state index is 0.209. The lowest BCUT2D eigenvalue weighted by molar-refractivity contribution is -0.106. The van der Waals surface area contributed by atoms with E-state index in [0.29, 0.717) is 0 Å². The molecule has 0 spiro atoms. The van der Waals surface area contributed by atoms with Gasteiger partial charge in [-0.3, -0.25) is 0 Å². The lowest BCUT2D eigenvalue weighted by Crippen LogP contribution is -2.38. The van der Waals surface area contributed by atoms with Gasteiger partial charge in [-0.2, -0.15) is 0 Å². The molecule has 2 N–H and O–H groups in total. The maximum atomic E-state index is 13.2. The summed E-state index contributed by atoms with van der Waals surface area (Å²) in [5.74, 6) is -5.64. The molecule has 1 unspecified atom stereocenters. The van der Waals surface area contributed by atoms with Crippen molar-refractivity contribution in [3.8, 4) is 0 Å². The van der Waals surface area contributed by atoms with Crippen molar-refractivity contribution < 1.29 is 23.7 Å². The van der Waals surface area contributed by atoms with Gasteiger partial charge in [0, 0.05) is 5.57 Å². The molecule has 0 aromatic rings. The van der Waals surface area contributed by atoms with Gasteiger partial charge >= 0.3 is 0 Å². The van der Waals surface area contributed by atoms with Gasteiger partial charge in [-0.15, -0.1) is 0 Å². The largest absolute Gasteiger partial charge is 0.508 e. The van der Waals surface area contributed by atoms with Crippen molar-refractivity contribution in [2.75, 3.05) is 6.61 Å². The molecule has 1 aliphatic heterocycles. The van der Waals surface area contributed by atoms with Crippen molar-refractivity contribution in [1.82, 2.24) is 0 Å². The van der Waals surface area contributed by atoms with Crippen LogP contribution in [0.3, 0.4) is 0 Å². The SMILES string of the molecule is C=C(O)C1=C(C(=C)O)C(C)C(F)(F)CO1. The maximum absolute atomic E-state index is 13.2. The minimum Gasteiger partial charge on any atom is -0.508 e. The molecule has 3 nitrogen and oxygen atoms in total. The first-order chi connectivity index (χ1) is 6.77. The van der Waals surface area contributed by atoms with Gasteiger partial charge in [0.05, 0.1) is 5.92 Å². The van der Waals surface area contributed by atoms with E-state index in [4.69, 9.17) is 5.11 Å². The third-order valence-electron chi connectivity index (χ3n) is 2.29. The van der Waals surface area contributed by atoms with Crippen LogP contribution < -0.4 is 0 Å². The second-order valence-electron chi connectivity index (χ2n) is 3.41. The Morgan fingerprint density at radius 1 is 1.40 bits per heavy atom. The quantitative estimate of drug-likeness (QED) is 0.700. The molecule has 0 radical (unpaired) electrons. The average Bonchev–Trinajstić information content (AvgIpc) is 2.08. The summed E-state index contributed by atoms with van der Waals surface area (Å²) in [6.07, 6.45) is 0. The number of hydrogen-bond donors (Lipinski definition) is 2. The molecule has 84 valence electrons. The molecule has 1 atom stereocenters. The van der Waals surface area contributed by atoms with E-state index in [1.165, 1.54) is 6.92 Å². The fraction of sp³-hybridized carbons (Fsp3) is 0.400. The van der Waals surface area contributed by atoms with Crippen LogP contribution >= 0.6 is 0 Å². The number of aliphatic hydroxyl groups is 2. The maximum Gasteiger partial charge on any atom is 0.288 e. The Morgan fingerprint density at radius 2 is 1.93 bits per heavy atom. The standard InChI is InChI=1S/C10H12F2O3/c1-5-8(6(2)13)9(7(3)14)15-4-10(5,11)12/h5,13-14H,2-4H2,1H3. The van der Waals surface area contributed by atoms with E-state index in [1.54, 1.807) is 0 Å². The van der Waals surface area contributed by atoms with Crippen molar-refractivity contribution in [2.45, 2.75) is 12.8 Å². The first-order valence-corrected chi connectivity index (χ1v) is 4.28. The lowest BCUT2D eigenvalue weighted by atomic mass is 9.90. The molecule has 0 aromatic heterocycles. The molecule has 5 heteroatoms. The Balaban J connectivity index is 3.25. The number of hydrogen-bond acceptors (Lipinski definition) is 3. The van der Waals surface area contributed by atoms with Crippen LogP contribution in [0.1, 0.15) is 6.92 Å². The van der Waals surface area contributed by atoms with Gasteiger partial charge in [-0.1, -0.05) is 20.1 Å². The predicted octanol–water partition coefficient (Wildman–Crippen LogP) is 2.69. The van der Waals surface area contributed by atoms with Crippen LogP contribution in [-0.2, 0) is 4.74 Å². The predicted molar refractivity (Wildman–Crippen MR) is 50.6 cm³/mol. The second kappa shape index (κ2) is 3.56. The molecule has 0 fully saturated rings. The number of halogens is 2. The highest BCUT2D eigenvalue weighted by atomic mass is 19.3. The number of ether oxygens (including phenoxy) is 1. The van der Waals surface area contributed by atoms with Crippen LogP contribution in [0, 0.1) is 5.92 Å². The molecule has 0 saturated carbocycles. The van der Waals surface area contributed by atoms with Crippen LogP contribution in [-0.4, -0.2) is 22.7 Å². The topological polar surface area (TPSA) is 49.7 Å². The minimum atomic E-state index is -3.10. The molecule has 15 heavy (non-hydrogen) atoms. The number of allylic oxidation sites excluding steroid dienone is 1. The van der Waals surface area contributed by atoms with Crippen LogP contribution in [0.2, 0.25) is 0 Å². The van der Waals surface area contributed by atoms with E-state index >= 15 is 0 Å². The average molecular weight is 218 g/mol. The van der Waals surface area contributed by atoms with E-state index in [1.807, 2.05) is 0 Å². The number of alkyl halides is 2. The fourth-order valence-electron chi connectivity index (χ4n) is 1.40. The smallest absolute Gasteiger partial charge is 0.288 e. The third kappa shape index (κ3) is 1.95. The highest BCUT2D eigenvalue weighted by Crippen LogP contribution is 2.40. The molecule has 0 saturated heterocycles. The van der Waals surface area contributed by atoms with E-state index < -0.39 is 30.0 Å². The summed E-state index contributed by atoms with van der Waals surface area (Å²) in [7, 11) is 0. The Bertz CT molecular complexity index is 345. The molecule has 1 heterocycles. The monoisotopic (exact) mass is 218 g/mol. The summed E-state index contributed by atoms with van der Waals surface area (Å²) in [5.41, 5.74) is -0.209. The molecule has 0 aliphatic carbocycles. The second-order valence-corrected chi connectivity index (χ2v) is 3.41. The van der Waals surface area contributed by atoms with Gasteiger partial charge in [0.1, 0.15) is 5.76 Å². The van der Waals surface area contributed by atoms with Crippen LogP contribution in [0.25, 0.3) is 0 Å². The van der Waals surface area contributed by atoms with Gasteiger partial charge in [-0.25, -0.2) is 8.78 Å². The summed E-state index contributed by atoms with van der Waals surface area (Å²) in [4.78, 5) is 0. The van der Waals surface area contributed by atoms with Gasteiger partial charge in [0.15, 0.2) is 18.1 Å². The summed E-state index contributed by atoms with van der Waals surface area (Å²) in [6.45, 7) is 6.71. The Morgan fingerprint density at radius 3 is 2.33 bits per heavy atom. The zero-order chi connectivity index (χ0) is 11.8. The summed E-state index contributed by atoms with van der Waals surface area (Å²) in [5, 5.41) is 18.3. The van der Waals surface area contributed by atoms with Crippen molar-refractivity contribution in [3.05, 3.63) is 36.0 Å². The summed E-state index contributed by atoms with van der Waals surface area (Å²) < 4.78 is 31.1. The van der Waals surface area contributed by atoms with Crippen molar-refractivity contribution in [1.29, 1.82) is 0 Å². The van der Waals surface area contributed by atoms with Crippen LogP contribution in [0.15, 0.2) is 36.0 Å². The Kier molecular flexibility index (Phi) is 2.75. The Hall–Kier alpha value is -1.52. The molecular weight excluding hydrogens is 206 g/mol. The zero-order valence-corrected chi connectivity index (χ0v) is 8.26. The van der Waals surface area contributed by atoms with Gasteiger partial charge in [0.25, 0.3) is 5.92 Å². The number of aliphatic hydroxyl groups excluding tert-OH is 2. The molecule has 0 amide bonds. The van der Waals surface area contributed by atoms with Crippen LogP contribution in [0.5, 0.6) is 0 Å². The van der Waals surface area contributed by atoms with Crippen molar-refractivity contribution in [3.63, 3.8) is 0 Å². The fourth-order valence-corrected chi connectivity index (χ4v) is 1.40. The van der Waals surface area contributed by atoms with E-state index in [9.17, 15) is 13.9 Å². The molecule has 0 aromatic carbocycles. The van der Waals surface area contributed by atoms with E-state index in [2.05, 4.69) is 17.9 Å². The highest BCUT2D eigenvalue weighted by Gasteiger charge is 2.46. The van der Waals surface area contributed by atoms with Gasteiger partial charge in [0.2, 0.25) is 0 Å². The normalized spacial score (nSPS) is 24.6.